The van der Waals surface area contributed by atoms with Crippen LogP contribution >= 0.6 is 11.3 Å². The number of carbonyl (C=O) groups is 1. The van der Waals surface area contributed by atoms with Crippen molar-refractivity contribution in [1.29, 1.82) is 0 Å². The lowest BCUT2D eigenvalue weighted by Gasteiger charge is -2.08. The zero-order chi connectivity index (χ0) is 20.4. The van der Waals surface area contributed by atoms with Gasteiger partial charge in [-0.05, 0) is 64.2 Å². The lowest BCUT2D eigenvalue weighted by Crippen LogP contribution is -2.11. The third kappa shape index (κ3) is 3.71. The van der Waals surface area contributed by atoms with E-state index in [1.807, 2.05) is 35.0 Å². The molecule has 0 saturated carbocycles. The molecule has 0 unspecified atom stereocenters. The molecule has 29 heavy (non-hydrogen) atoms. The maximum Gasteiger partial charge on any atom is 0.305 e. The Morgan fingerprint density at radius 3 is 2.55 bits per heavy atom. The average molecular weight is 426 g/mol. The number of aryl methyl sites for hydroxylation is 1. The van der Waals surface area contributed by atoms with Crippen molar-refractivity contribution in [2.75, 3.05) is 7.11 Å². The summed E-state index contributed by atoms with van der Waals surface area (Å²) in [6, 6.07) is 16.1. The van der Waals surface area contributed by atoms with Crippen molar-refractivity contribution in [2.45, 2.75) is 17.7 Å². The van der Waals surface area contributed by atoms with Gasteiger partial charge in [0.1, 0.15) is 0 Å². The number of esters is 1. The second-order valence-corrected chi connectivity index (χ2v) is 9.18. The van der Waals surface area contributed by atoms with Crippen molar-refractivity contribution in [2.24, 2.45) is 0 Å². The van der Waals surface area contributed by atoms with E-state index in [0.29, 0.717) is 11.9 Å². The van der Waals surface area contributed by atoms with Crippen LogP contribution in [0.15, 0.2) is 76.4 Å². The van der Waals surface area contributed by atoms with Crippen LogP contribution in [0.5, 0.6) is 0 Å². The van der Waals surface area contributed by atoms with Gasteiger partial charge in [-0.1, -0.05) is 24.3 Å². The van der Waals surface area contributed by atoms with Crippen LogP contribution in [0.3, 0.4) is 0 Å². The molecule has 0 aliphatic carbocycles. The van der Waals surface area contributed by atoms with Gasteiger partial charge in [0.15, 0.2) is 0 Å². The molecule has 2 aromatic carbocycles. The Morgan fingerprint density at radius 1 is 1.07 bits per heavy atom. The van der Waals surface area contributed by atoms with Crippen molar-refractivity contribution in [1.82, 2.24) is 3.97 Å². The van der Waals surface area contributed by atoms with Gasteiger partial charge in [-0.25, -0.2) is 12.4 Å². The van der Waals surface area contributed by atoms with Gasteiger partial charge in [-0.3, -0.25) is 4.79 Å². The number of nitrogens with zero attached hydrogens (tertiary/aromatic N) is 1. The Labute approximate surface area is 173 Å². The maximum absolute atomic E-state index is 13.2. The van der Waals surface area contributed by atoms with Gasteiger partial charge in [0.2, 0.25) is 0 Å². The smallest absolute Gasteiger partial charge is 0.305 e. The summed E-state index contributed by atoms with van der Waals surface area (Å²) in [5.74, 6) is -0.328. The van der Waals surface area contributed by atoms with E-state index in [4.69, 9.17) is 4.74 Å². The number of thiophene rings is 1. The van der Waals surface area contributed by atoms with E-state index in [1.165, 1.54) is 11.1 Å². The zero-order valence-corrected chi connectivity index (χ0v) is 17.4. The van der Waals surface area contributed by atoms with Crippen LogP contribution in [0.2, 0.25) is 0 Å². The molecule has 148 valence electrons. The summed E-state index contributed by atoms with van der Waals surface area (Å²) in [7, 11) is -2.41. The van der Waals surface area contributed by atoms with Crippen LogP contribution in [0.1, 0.15) is 12.0 Å². The molecule has 0 atom stereocenters. The van der Waals surface area contributed by atoms with Gasteiger partial charge in [0.25, 0.3) is 10.0 Å². The SMILES string of the molecule is COC(=O)CCc1cn(S(=O)(=O)c2ccccc2)c2ccc(-c3ccsc3)cc12. The first-order valence-electron chi connectivity index (χ1n) is 9.04. The maximum atomic E-state index is 13.2. The molecule has 0 N–H and O–H groups in total. The number of carbonyl (C=O) groups excluding carboxylic acids is 1. The second kappa shape index (κ2) is 7.85. The Bertz CT molecular complexity index is 1260. The Kier molecular flexibility index (Phi) is 5.25. The number of hydrogen-bond donors (Lipinski definition) is 0. The molecule has 0 fully saturated rings. The number of benzene rings is 2. The minimum atomic E-state index is -3.75. The lowest BCUT2D eigenvalue weighted by molar-refractivity contribution is -0.140. The van der Waals surface area contributed by atoms with Crippen molar-refractivity contribution in [3.8, 4) is 11.1 Å². The number of hydrogen-bond acceptors (Lipinski definition) is 5. The van der Waals surface area contributed by atoms with Crippen LogP contribution < -0.4 is 0 Å². The highest BCUT2D eigenvalue weighted by molar-refractivity contribution is 7.90. The monoisotopic (exact) mass is 425 g/mol. The Hall–Kier alpha value is -2.90. The molecule has 4 rings (SSSR count). The molecule has 0 saturated heterocycles. The fourth-order valence-corrected chi connectivity index (χ4v) is 5.39. The summed E-state index contributed by atoms with van der Waals surface area (Å²) in [5, 5.41) is 4.87. The zero-order valence-electron chi connectivity index (χ0n) is 15.7. The third-order valence-electron chi connectivity index (χ3n) is 4.83. The highest BCUT2D eigenvalue weighted by Gasteiger charge is 2.21. The molecule has 5 nitrogen and oxygen atoms in total. The summed E-state index contributed by atoms with van der Waals surface area (Å²) in [6.07, 6.45) is 2.20. The molecular formula is C22H19NO4S2. The summed E-state index contributed by atoms with van der Waals surface area (Å²) in [6.45, 7) is 0. The molecule has 0 spiro atoms. The predicted octanol–water partition coefficient (Wildman–Crippen LogP) is 4.71. The third-order valence-corrected chi connectivity index (χ3v) is 7.20. The van der Waals surface area contributed by atoms with Gasteiger partial charge in [0.05, 0.1) is 17.5 Å². The van der Waals surface area contributed by atoms with E-state index in [-0.39, 0.29) is 17.3 Å². The molecule has 7 heteroatoms. The molecule has 2 aromatic heterocycles. The van der Waals surface area contributed by atoms with Gasteiger partial charge in [0, 0.05) is 18.0 Å². The fourth-order valence-electron chi connectivity index (χ4n) is 3.32. The minimum absolute atomic E-state index is 0.184. The topological polar surface area (TPSA) is 65.4 Å². The fraction of sp³-hybridized carbons (Fsp3) is 0.136. The predicted molar refractivity (Wildman–Crippen MR) is 115 cm³/mol. The standard InChI is InChI=1S/C22H19NO4S2/c1-27-22(24)10-8-17-14-23(29(25,26)19-5-3-2-4-6-19)21-9-7-16(13-20(17)21)18-11-12-28-15-18/h2-7,9,11-15H,8,10H2,1H3. The lowest BCUT2D eigenvalue weighted by atomic mass is 10.0. The Balaban J connectivity index is 1.88. The minimum Gasteiger partial charge on any atom is -0.469 e. The molecule has 0 aliphatic rings. The van der Waals surface area contributed by atoms with Crippen molar-refractivity contribution < 1.29 is 17.9 Å². The van der Waals surface area contributed by atoms with Gasteiger partial charge < -0.3 is 4.74 Å². The average Bonchev–Trinajstić information content (AvgIpc) is 3.40. The first kappa shape index (κ1) is 19.4. The van der Waals surface area contributed by atoms with Crippen LogP contribution in [-0.4, -0.2) is 25.5 Å². The van der Waals surface area contributed by atoms with Gasteiger partial charge >= 0.3 is 5.97 Å². The van der Waals surface area contributed by atoms with Crippen LogP contribution in [0.25, 0.3) is 22.0 Å². The first-order chi connectivity index (χ1) is 14.0. The summed E-state index contributed by atoms with van der Waals surface area (Å²) < 4.78 is 32.5. The number of rotatable bonds is 6. The second-order valence-electron chi connectivity index (χ2n) is 6.59. The van der Waals surface area contributed by atoms with Crippen LogP contribution in [-0.2, 0) is 26.0 Å². The first-order valence-corrected chi connectivity index (χ1v) is 11.4. The van der Waals surface area contributed by atoms with E-state index < -0.39 is 10.0 Å². The number of aromatic nitrogens is 1. The molecule has 0 aliphatic heterocycles. The Morgan fingerprint density at radius 2 is 1.86 bits per heavy atom. The van der Waals surface area contributed by atoms with Crippen molar-refractivity contribution >= 4 is 38.2 Å². The van der Waals surface area contributed by atoms with E-state index in [0.717, 1.165) is 22.1 Å². The summed E-state index contributed by atoms with van der Waals surface area (Å²) in [4.78, 5) is 11.9. The molecule has 4 aromatic rings. The molecule has 2 heterocycles. The van der Waals surface area contributed by atoms with Crippen LogP contribution in [0, 0.1) is 0 Å². The highest BCUT2D eigenvalue weighted by Crippen LogP contribution is 2.32. The van der Waals surface area contributed by atoms with E-state index in [2.05, 4.69) is 0 Å². The van der Waals surface area contributed by atoms with Crippen LogP contribution in [0.4, 0.5) is 0 Å². The number of fused-ring (bicyclic) bond motifs is 1. The van der Waals surface area contributed by atoms with Gasteiger partial charge in [-0.15, -0.1) is 0 Å². The van der Waals surface area contributed by atoms with E-state index >= 15 is 0 Å². The van der Waals surface area contributed by atoms with Crippen molar-refractivity contribution in [3.05, 3.63) is 77.1 Å². The quantitative estimate of drug-likeness (QED) is 0.420. The summed E-state index contributed by atoms with van der Waals surface area (Å²) >= 11 is 1.61. The molecule has 0 radical (unpaired) electrons. The summed E-state index contributed by atoms with van der Waals surface area (Å²) in [5.41, 5.74) is 3.47. The molecular weight excluding hydrogens is 406 g/mol. The number of methoxy groups -OCH3 is 1. The molecule has 0 bridgehead atoms. The highest BCUT2D eigenvalue weighted by atomic mass is 32.2. The number of ether oxygens (including phenoxy) is 1. The van der Waals surface area contributed by atoms with Gasteiger partial charge in [-0.2, -0.15) is 11.3 Å². The van der Waals surface area contributed by atoms with E-state index in [9.17, 15) is 13.2 Å². The largest absolute Gasteiger partial charge is 0.469 e. The normalized spacial score (nSPS) is 11.6. The van der Waals surface area contributed by atoms with Crippen molar-refractivity contribution in [3.63, 3.8) is 0 Å². The molecule has 0 amide bonds. The van der Waals surface area contributed by atoms with E-state index in [1.54, 1.807) is 47.9 Å².